The van der Waals surface area contributed by atoms with Gasteiger partial charge in [-0.15, -0.1) is 0 Å². The fourth-order valence-electron chi connectivity index (χ4n) is 3.72. The number of carboxylic acids is 1. The van der Waals surface area contributed by atoms with Gasteiger partial charge in [0.05, 0.1) is 6.04 Å². The van der Waals surface area contributed by atoms with Crippen LogP contribution in [0.3, 0.4) is 0 Å². The standard InChI is InChI=1S/C26H36N4O5S2/c1-15(2)22(30-23(31)19(27)14-36)25(33)29-21(24(32)28-20(26(34)35)10-11-37-3)13-16-8-9-17-6-4-5-7-18(17)12-16/h4-9,12,15,19-22,36H,10-11,13-14,27H2,1-3H3,(H,28,32)(H,29,33)(H,30,31)(H,34,35)/t19-,20-,21+,22+/m1/s1. The van der Waals surface area contributed by atoms with Crippen molar-refractivity contribution < 1.29 is 24.3 Å². The van der Waals surface area contributed by atoms with Crippen LogP contribution in [0.1, 0.15) is 25.8 Å². The smallest absolute Gasteiger partial charge is 0.326 e. The Balaban J connectivity index is 2.31. The lowest BCUT2D eigenvalue weighted by Crippen LogP contribution is -2.59. The van der Waals surface area contributed by atoms with Crippen LogP contribution in [0, 0.1) is 5.92 Å². The molecule has 0 heterocycles. The average Bonchev–Trinajstić information content (AvgIpc) is 2.87. The summed E-state index contributed by atoms with van der Waals surface area (Å²) in [4.78, 5) is 50.6. The fraction of sp³-hybridized carbons (Fsp3) is 0.462. The minimum Gasteiger partial charge on any atom is -0.480 e. The van der Waals surface area contributed by atoms with Crippen molar-refractivity contribution in [2.45, 2.75) is 50.9 Å². The summed E-state index contributed by atoms with van der Waals surface area (Å²) in [5.41, 5.74) is 6.53. The van der Waals surface area contributed by atoms with Crippen molar-refractivity contribution in [3.8, 4) is 0 Å². The molecule has 2 aromatic carbocycles. The molecule has 202 valence electrons. The topological polar surface area (TPSA) is 151 Å². The maximum atomic E-state index is 13.3. The molecule has 11 heteroatoms. The highest BCUT2D eigenvalue weighted by Gasteiger charge is 2.31. The van der Waals surface area contributed by atoms with Crippen molar-refractivity contribution in [1.82, 2.24) is 16.0 Å². The molecule has 0 fully saturated rings. The summed E-state index contributed by atoms with van der Waals surface area (Å²) in [6.07, 6.45) is 2.22. The number of thioether (sulfide) groups is 1. The van der Waals surface area contributed by atoms with Crippen molar-refractivity contribution in [3.63, 3.8) is 0 Å². The van der Waals surface area contributed by atoms with E-state index in [4.69, 9.17) is 5.73 Å². The third kappa shape index (κ3) is 9.24. The predicted molar refractivity (Wildman–Crippen MR) is 151 cm³/mol. The molecule has 37 heavy (non-hydrogen) atoms. The normalized spacial score (nSPS) is 14.4. The molecule has 0 aliphatic heterocycles. The number of rotatable bonds is 14. The maximum Gasteiger partial charge on any atom is 0.326 e. The lowest BCUT2D eigenvalue weighted by molar-refractivity contribution is -0.142. The second-order valence-electron chi connectivity index (χ2n) is 9.15. The zero-order valence-electron chi connectivity index (χ0n) is 21.3. The number of thiol groups is 1. The second-order valence-corrected chi connectivity index (χ2v) is 10.5. The van der Waals surface area contributed by atoms with Crippen LogP contribution in [0.5, 0.6) is 0 Å². The van der Waals surface area contributed by atoms with Crippen LogP contribution in [-0.2, 0) is 25.6 Å². The summed E-state index contributed by atoms with van der Waals surface area (Å²) in [5.74, 6) is -2.49. The van der Waals surface area contributed by atoms with Crippen LogP contribution in [0.25, 0.3) is 10.8 Å². The van der Waals surface area contributed by atoms with Gasteiger partial charge in [0.1, 0.15) is 18.1 Å². The van der Waals surface area contributed by atoms with Gasteiger partial charge in [0, 0.05) is 12.2 Å². The van der Waals surface area contributed by atoms with Gasteiger partial charge in [-0.1, -0.05) is 56.3 Å². The number of nitrogens with one attached hydrogen (secondary N) is 3. The number of aliphatic carboxylic acids is 1. The molecule has 9 nitrogen and oxygen atoms in total. The van der Waals surface area contributed by atoms with Gasteiger partial charge in [-0.05, 0) is 40.7 Å². The van der Waals surface area contributed by atoms with E-state index < -0.39 is 47.9 Å². The summed E-state index contributed by atoms with van der Waals surface area (Å²) in [5, 5.41) is 19.5. The molecule has 4 atom stereocenters. The van der Waals surface area contributed by atoms with E-state index in [9.17, 15) is 24.3 Å². The molecule has 0 aliphatic carbocycles. The van der Waals surface area contributed by atoms with E-state index in [1.54, 1.807) is 13.8 Å². The second kappa shape index (κ2) is 14.8. The first-order chi connectivity index (χ1) is 17.6. The van der Waals surface area contributed by atoms with Gasteiger partial charge in [-0.3, -0.25) is 14.4 Å². The molecule has 6 N–H and O–H groups in total. The Labute approximate surface area is 227 Å². The average molecular weight is 549 g/mol. The lowest BCUT2D eigenvalue weighted by atomic mass is 9.99. The number of carbonyl (C=O) groups excluding carboxylic acids is 3. The van der Waals surface area contributed by atoms with Crippen molar-refractivity contribution >= 4 is 58.9 Å². The first kappa shape index (κ1) is 30.5. The summed E-state index contributed by atoms with van der Waals surface area (Å²) in [7, 11) is 0. The van der Waals surface area contributed by atoms with Crippen LogP contribution in [0.2, 0.25) is 0 Å². The molecular formula is C26H36N4O5S2. The zero-order valence-corrected chi connectivity index (χ0v) is 23.0. The first-order valence-electron chi connectivity index (χ1n) is 12.0. The summed E-state index contributed by atoms with van der Waals surface area (Å²) in [6, 6.07) is 9.49. The fourth-order valence-corrected chi connectivity index (χ4v) is 4.35. The number of hydrogen-bond acceptors (Lipinski definition) is 7. The van der Waals surface area contributed by atoms with Crippen LogP contribution in [0.4, 0.5) is 0 Å². The SMILES string of the molecule is CSCC[C@@H](NC(=O)[C@H](Cc1ccc2ccccc2c1)NC(=O)[C@@H](NC(=O)[C@H](N)CS)C(C)C)C(=O)O. The Morgan fingerprint density at radius 1 is 0.946 bits per heavy atom. The minimum atomic E-state index is -1.15. The highest BCUT2D eigenvalue weighted by atomic mass is 32.2. The molecule has 0 aromatic heterocycles. The van der Waals surface area contributed by atoms with Crippen LogP contribution in [-0.4, -0.2) is 70.7 Å². The molecule has 0 radical (unpaired) electrons. The molecule has 2 rings (SSSR count). The molecule has 0 spiro atoms. The number of benzene rings is 2. The van der Waals surface area contributed by atoms with E-state index in [1.807, 2.05) is 48.7 Å². The molecule has 0 aliphatic rings. The Hall–Kier alpha value is -2.76. The maximum absolute atomic E-state index is 13.3. The Morgan fingerprint density at radius 2 is 1.59 bits per heavy atom. The predicted octanol–water partition coefficient (Wildman–Crippen LogP) is 1.59. The Kier molecular flexibility index (Phi) is 12.2. The lowest BCUT2D eigenvalue weighted by Gasteiger charge is -2.27. The van der Waals surface area contributed by atoms with Crippen LogP contribution >= 0.6 is 24.4 Å². The highest BCUT2D eigenvalue weighted by molar-refractivity contribution is 7.98. The molecule has 0 unspecified atom stereocenters. The van der Waals surface area contributed by atoms with Gasteiger partial charge in [-0.2, -0.15) is 24.4 Å². The van der Waals surface area contributed by atoms with E-state index in [-0.39, 0.29) is 24.5 Å². The number of nitrogens with two attached hydrogens (primary N) is 1. The van der Waals surface area contributed by atoms with Gasteiger partial charge in [0.15, 0.2) is 0 Å². The molecule has 3 amide bonds. The summed E-state index contributed by atoms with van der Waals surface area (Å²) in [6.45, 7) is 3.52. The van der Waals surface area contributed by atoms with Gasteiger partial charge < -0.3 is 26.8 Å². The third-order valence-electron chi connectivity index (χ3n) is 5.89. The molecule has 0 saturated heterocycles. The summed E-state index contributed by atoms with van der Waals surface area (Å²) >= 11 is 5.50. The third-order valence-corrected chi connectivity index (χ3v) is 6.93. The van der Waals surface area contributed by atoms with Gasteiger partial charge in [0.25, 0.3) is 0 Å². The minimum absolute atomic E-state index is 0.109. The van der Waals surface area contributed by atoms with E-state index in [0.29, 0.717) is 5.75 Å². The quantitative estimate of drug-likeness (QED) is 0.196. The van der Waals surface area contributed by atoms with Crippen molar-refractivity contribution in [2.24, 2.45) is 11.7 Å². The number of carboxylic acid groups (broad SMARTS) is 1. The number of fused-ring (bicyclic) bond motifs is 1. The van der Waals surface area contributed by atoms with Crippen molar-refractivity contribution in [3.05, 3.63) is 48.0 Å². The monoisotopic (exact) mass is 548 g/mol. The Bertz CT molecular complexity index is 1100. The van der Waals surface area contributed by atoms with Gasteiger partial charge in [0.2, 0.25) is 17.7 Å². The van der Waals surface area contributed by atoms with Crippen molar-refractivity contribution in [1.29, 1.82) is 0 Å². The zero-order chi connectivity index (χ0) is 27.5. The van der Waals surface area contributed by atoms with Crippen LogP contribution < -0.4 is 21.7 Å². The summed E-state index contributed by atoms with van der Waals surface area (Å²) < 4.78 is 0. The number of carbonyl (C=O) groups is 4. The Morgan fingerprint density at radius 3 is 2.19 bits per heavy atom. The van der Waals surface area contributed by atoms with Gasteiger partial charge >= 0.3 is 5.97 Å². The molecule has 0 saturated carbocycles. The van der Waals surface area contributed by atoms with E-state index in [2.05, 4.69) is 28.6 Å². The van der Waals surface area contributed by atoms with E-state index >= 15 is 0 Å². The van der Waals surface area contributed by atoms with Gasteiger partial charge in [-0.25, -0.2) is 4.79 Å². The van der Waals surface area contributed by atoms with Crippen LogP contribution in [0.15, 0.2) is 42.5 Å². The van der Waals surface area contributed by atoms with E-state index in [1.165, 1.54) is 11.8 Å². The first-order valence-corrected chi connectivity index (χ1v) is 14.1. The number of amides is 3. The van der Waals surface area contributed by atoms with E-state index in [0.717, 1.165) is 16.3 Å². The van der Waals surface area contributed by atoms with Crippen molar-refractivity contribution in [2.75, 3.05) is 17.8 Å². The largest absolute Gasteiger partial charge is 0.480 e. The highest BCUT2D eigenvalue weighted by Crippen LogP contribution is 2.17. The number of hydrogen-bond donors (Lipinski definition) is 6. The molecule has 2 aromatic rings. The molecular weight excluding hydrogens is 512 g/mol. The molecule has 0 bridgehead atoms.